The summed E-state index contributed by atoms with van der Waals surface area (Å²) in [5.74, 6) is 1.29. The van der Waals surface area contributed by atoms with Gasteiger partial charge in [-0.25, -0.2) is 4.98 Å². The lowest BCUT2D eigenvalue weighted by atomic mass is 10.0. The Kier molecular flexibility index (Phi) is 4.36. The average molecular weight is 259 g/mol. The van der Waals surface area contributed by atoms with E-state index in [9.17, 15) is 5.11 Å². The van der Waals surface area contributed by atoms with Crippen molar-refractivity contribution in [3.05, 3.63) is 42.1 Å². The Labute approximate surface area is 112 Å². The van der Waals surface area contributed by atoms with Crippen molar-refractivity contribution in [2.75, 3.05) is 13.7 Å². The second-order valence-electron chi connectivity index (χ2n) is 4.02. The van der Waals surface area contributed by atoms with Gasteiger partial charge in [0, 0.05) is 11.8 Å². The zero-order valence-electron chi connectivity index (χ0n) is 11.1. The fourth-order valence-electron chi connectivity index (χ4n) is 1.93. The van der Waals surface area contributed by atoms with Crippen LogP contribution in [0.2, 0.25) is 0 Å². The van der Waals surface area contributed by atoms with Crippen LogP contribution in [0.4, 0.5) is 0 Å². The van der Waals surface area contributed by atoms with E-state index in [4.69, 9.17) is 9.47 Å². The van der Waals surface area contributed by atoms with Crippen LogP contribution >= 0.6 is 0 Å². The highest BCUT2D eigenvalue weighted by atomic mass is 16.5. The average Bonchev–Trinajstić information content (AvgIpc) is 2.47. The molecule has 0 bridgehead atoms. The largest absolute Gasteiger partial charge is 0.494 e. The number of pyridine rings is 1. The number of hydrogen-bond acceptors (Lipinski definition) is 4. The first-order chi connectivity index (χ1) is 9.28. The molecular weight excluding hydrogens is 242 g/mol. The van der Waals surface area contributed by atoms with Crippen molar-refractivity contribution >= 4 is 0 Å². The quantitative estimate of drug-likeness (QED) is 0.896. The molecule has 0 aliphatic rings. The molecule has 0 saturated heterocycles. The summed E-state index contributed by atoms with van der Waals surface area (Å²) >= 11 is 0. The van der Waals surface area contributed by atoms with Gasteiger partial charge >= 0.3 is 0 Å². The minimum absolute atomic E-state index is 0.0313. The predicted molar refractivity (Wildman–Crippen MR) is 73.3 cm³/mol. The number of aromatic nitrogens is 1. The predicted octanol–water partition coefficient (Wildman–Crippen LogP) is 2.65. The molecule has 4 nitrogen and oxygen atoms in total. The summed E-state index contributed by atoms with van der Waals surface area (Å²) in [7, 11) is 1.59. The van der Waals surface area contributed by atoms with E-state index in [0.717, 1.165) is 22.4 Å². The third-order valence-corrected chi connectivity index (χ3v) is 2.74. The van der Waals surface area contributed by atoms with Crippen molar-refractivity contribution in [1.29, 1.82) is 0 Å². The second-order valence-corrected chi connectivity index (χ2v) is 4.02. The van der Waals surface area contributed by atoms with Crippen LogP contribution in [0.15, 0.2) is 36.5 Å². The van der Waals surface area contributed by atoms with Crippen LogP contribution in [0, 0.1) is 0 Å². The maximum Gasteiger partial charge on any atom is 0.221 e. The van der Waals surface area contributed by atoms with Gasteiger partial charge in [-0.3, -0.25) is 0 Å². The first-order valence-electron chi connectivity index (χ1n) is 6.15. The number of aliphatic hydroxyl groups excluding tert-OH is 1. The van der Waals surface area contributed by atoms with Crippen LogP contribution in [0.5, 0.6) is 11.6 Å². The monoisotopic (exact) mass is 259 g/mol. The molecule has 0 spiro atoms. The lowest BCUT2D eigenvalue weighted by Crippen LogP contribution is -1.96. The second kappa shape index (κ2) is 6.20. The first kappa shape index (κ1) is 13.4. The summed E-state index contributed by atoms with van der Waals surface area (Å²) in [5.41, 5.74) is 2.59. The maximum absolute atomic E-state index is 9.33. The minimum Gasteiger partial charge on any atom is -0.494 e. The number of methoxy groups -OCH3 is 1. The highest BCUT2D eigenvalue weighted by Gasteiger charge is 2.09. The van der Waals surface area contributed by atoms with Crippen LogP contribution in [0.3, 0.4) is 0 Å². The van der Waals surface area contributed by atoms with Crippen molar-refractivity contribution in [3.8, 4) is 22.8 Å². The SMILES string of the molecule is CCOc1cc(CO)cc(-c2cccnc2OC)c1. The molecule has 2 aromatic rings. The van der Waals surface area contributed by atoms with Gasteiger partial charge in [-0.1, -0.05) is 0 Å². The molecule has 0 saturated carbocycles. The van der Waals surface area contributed by atoms with Crippen molar-refractivity contribution in [2.45, 2.75) is 13.5 Å². The summed E-state index contributed by atoms with van der Waals surface area (Å²) < 4.78 is 10.8. The van der Waals surface area contributed by atoms with E-state index in [-0.39, 0.29) is 6.61 Å². The highest BCUT2D eigenvalue weighted by molar-refractivity contribution is 5.70. The molecule has 1 aromatic heterocycles. The van der Waals surface area contributed by atoms with Gasteiger partial charge in [-0.2, -0.15) is 0 Å². The molecule has 1 heterocycles. The smallest absolute Gasteiger partial charge is 0.221 e. The molecule has 0 atom stereocenters. The highest BCUT2D eigenvalue weighted by Crippen LogP contribution is 2.31. The molecule has 0 radical (unpaired) electrons. The Morgan fingerprint density at radius 2 is 2.11 bits per heavy atom. The van der Waals surface area contributed by atoms with Gasteiger partial charge in [-0.05, 0) is 48.4 Å². The number of rotatable bonds is 5. The van der Waals surface area contributed by atoms with E-state index in [1.807, 2.05) is 37.3 Å². The minimum atomic E-state index is -0.0313. The van der Waals surface area contributed by atoms with E-state index in [0.29, 0.717) is 12.5 Å². The van der Waals surface area contributed by atoms with Crippen LogP contribution in [-0.2, 0) is 6.61 Å². The number of nitrogens with zero attached hydrogens (tertiary/aromatic N) is 1. The molecule has 19 heavy (non-hydrogen) atoms. The molecule has 1 aromatic carbocycles. The molecular formula is C15H17NO3. The summed E-state index contributed by atoms with van der Waals surface area (Å²) in [5, 5.41) is 9.33. The normalized spacial score (nSPS) is 10.3. The molecule has 100 valence electrons. The van der Waals surface area contributed by atoms with Crippen LogP contribution in [0.25, 0.3) is 11.1 Å². The van der Waals surface area contributed by atoms with Crippen molar-refractivity contribution in [2.24, 2.45) is 0 Å². The fourth-order valence-corrected chi connectivity index (χ4v) is 1.93. The van der Waals surface area contributed by atoms with E-state index < -0.39 is 0 Å². The van der Waals surface area contributed by atoms with Crippen molar-refractivity contribution in [3.63, 3.8) is 0 Å². The first-order valence-corrected chi connectivity index (χ1v) is 6.15. The number of hydrogen-bond donors (Lipinski definition) is 1. The molecule has 0 aliphatic heterocycles. The van der Waals surface area contributed by atoms with E-state index in [2.05, 4.69) is 4.98 Å². The van der Waals surface area contributed by atoms with Gasteiger partial charge in [0.25, 0.3) is 0 Å². The maximum atomic E-state index is 9.33. The third kappa shape index (κ3) is 3.03. The van der Waals surface area contributed by atoms with E-state index in [1.54, 1.807) is 13.3 Å². The molecule has 2 rings (SSSR count). The molecule has 0 amide bonds. The summed E-state index contributed by atoms with van der Waals surface area (Å²) in [6.07, 6.45) is 1.68. The van der Waals surface area contributed by atoms with E-state index in [1.165, 1.54) is 0 Å². The molecule has 4 heteroatoms. The number of ether oxygens (including phenoxy) is 2. The van der Waals surface area contributed by atoms with Crippen LogP contribution in [0.1, 0.15) is 12.5 Å². The number of aliphatic hydroxyl groups is 1. The Balaban J connectivity index is 2.51. The number of benzene rings is 1. The Hall–Kier alpha value is -2.07. The Morgan fingerprint density at radius 3 is 2.79 bits per heavy atom. The molecule has 0 unspecified atom stereocenters. The summed E-state index contributed by atoms with van der Waals surface area (Å²) in [4.78, 5) is 4.18. The molecule has 1 N–H and O–H groups in total. The van der Waals surface area contributed by atoms with Gasteiger partial charge in [0.15, 0.2) is 0 Å². The standard InChI is InChI=1S/C15H17NO3/c1-3-19-13-8-11(10-17)7-12(9-13)14-5-4-6-16-15(14)18-2/h4-9,17H,3,10H2,1-2H3. The van der Waals surface area contributed by atoms with E-state index >= 15 is 0 Å². The van der Waals surface area contributed by atoms with Crippen LogP contribution < -0.4 is 9.47 Å². The Morgan fingerprint density at radius 1 is 1.26 bits per heavy atom. The van der Waals surface area contributed by atoms with Gasteiger partial charge in [0.1, 0.15) is 5.75 Å². The lowest BCUT2D eigenvalue weighted by Gasteiger charge is -2.11. The van der Waals surface area contributed by atoms with Gasteiger partial charge in [0.05, 0.1) is 20.3 Å². The summed E-state index contributed by atoms with van der Waals surface area (Å²) in [6, 6.07) is 9.43. The lowest BCUT2D eigenvalue weighted by molar-refractivity contribution is 0.280. The Bertz CT molecular complexity index is 555. The fraction of sp³-hybridized carbons (Fsp3) is 0.267. The molecule has 0 aliphatic carbocycles. The molecule has 0 fully saturated rings. The third-order valence-electron chi connectivity index (χ3n) is 2.74. The zero-order valence-corrected chi connectivity index (χ0v) is 11.1. The van der Waals surface area contributed by atoms with Crippen LogP contribution in [-0.4, -0.2) is 23.8 Å². The summed E-state index contributed by atoms with van der Waals surface area (Å²) in [6.45, 7) is 2.48. The van der Waals surface area contributed by atoms with Gasteiger partial charge in [0.2, 0.25) is 5.88 Å². The van der Waals surface area contributed by atoms with Crippen molar-refractivity contribution < 1.29 is 14.6 Å². The zero-order chi connectivity index (χ0) is 13.7. The van der Waals surface area contributed by atoms with Gasteiger partial charge in [-0.15, -0.1) is 0 Å². The van der Waals surface area contributed by atoms with Crippen molar-refractivity contribution in [1.82, 2.24) is 4.98 Å². The topological polar surface area (TPSA) is 51.6 Å². The van der Waals surface area contributed by atoms with Gasteiger partial charge < -0.3 is 14.6 Å².